The van der Waals surface area contributed by atoms with Crippen LogP contribution in [0, 0.1) is 6.92 Å². The summed E-state index contributed by atoms with van der Waals surface area (Å²) in [4.78, 5) is 15.1. The van der Waals surface area contributed by atoms with Crippen molar-refractivity contribution in [2.45, 2.75) is 13.5 Å². The van der Waals surface area contributed by atoms with Crippen molar-refractivity contribution in [3.8, 4) is 0 Å². The van der Waals surface area contributed by atoms with E-state index in [4.69, 9.17) is 16.0 Å². The third-order valence-electron chi connectivity index (χ3n) is 2.67. The lowest BCUT2D eigenvalue weighted by molar-refractivity contribution is 0.0731. The smallest absolute Gasteiger partial charge is 0.290 e. The van der Waals surface area contributed by atoms with Gasteiger partial charge < -0.3 is 9.32 Å². The van der Waals surface area contributed by atoms with Crippen LogP contribution in [0.5, 0.6) is 0 Å². The lowest BCUT2D eigenvalue weighted by atomic mass is 10.2. The molecule has 100 valence electrons. The third-order valence-corrected chi connectivity index (χ3v) is 3.88. The van der Waals surface area contributed by atoms with Crippen LogP contribution in [0.1, 0.15) is 21.0 Å². The molecular weight excluding hydrogens is 282 g/mol. The Morgan fingerprint density at radius 1 is 1.53 bits per heavy atom. The molecule has 0 radical (unpaired) electrons. The van der Waals surface area contributed by atoms with Crippen LogP contribution < -0.4 is 0 Å². The average molecular weight is 296 g/mol. The Balaban J connectivity index is 2.18. The maximum atomic E-state index is 12.4. The van der Waals surface area contributed by atoms with E-state index in [0.29, 0.717) is 18.8 Å². The summed E-state index contributed by atoms with van der Waals surface area (Å²) in [7, 11) is 0. The van der Waals surface area contributed by atoms with E-state index in [9.17, 15) is 4.79 Å². The summed E-state index contributed by atoms with van der Waals surface area (Å²) in [5.41, 5.74) is 0.836. The van der Waals surface area contributed by atoms with Crippen molar-refractivity contribution in [1.29, 1.82) is 0 Å². The highest BCUT2D eigenvalue weighted by Gasteiger charge is 2.20. The number of amides is 1. The predicted molar refractivity (Wildman–Crippen MR) is 77.7 cm³/mol. The summed E-state index contributed by atoms with van der Waals surface area (Å²) in [6.07, 6.45) is 3.22. The number of hydrogen-bond acceptors (Lipinski definition) is 3. The Hall–Kier alpha value is -1.52. The quantitative estimate of drug-likeness (QED) is 0.777. The molecule has 0 saturated carbocycles. The van der Waals surface area contributed by atoms with Gasteiger partial charge in [0.15, 0.2) is 5.76 Å². The number of rotatable bonds is 5. The predicted octanol–water partition coefficient (Wildman–Crippen LogP) is 4.13. The molecule has 3 nitrogen and oxygen atoms in total. The van der Waals surface area contributed by atoms with E-state index in [1.54, 1.807) is 17.0 Å². The molecule has 1 amide bonds. The molecule has 2 aromatic heterocycles. The number of halogens is 1. The minimum Gasteiger partial charge on any atom is -0.459 e. The molecule has 0 fully saturated rings. The van der Waals surface area contributed by atoms with Gasteiger partial charge in [0.25, 0.3) is 5.91 Å². The van der Waals surface area contributed by atoms with Crippen molar-refractivity contribution < 1.29 is 9.21 Å². The maximum absolute atomic E-state index is 12.4. The zero-order chi connectivity index (χ0) is 13.8. The molecule has 0 saturated heterocycles. The van der Waals surface area contributed by atoms with Crippen LogP contribution in [0.3, 0.4) is 0 Å². The normalized spacial score (nSPS) is 10.4. The van der Waals surface area contributed by atoms with Gasteiger partial charge in [0, 0.05) is 17.0 Å². The zero-order valence-corrected chi connectivity index (χ0v) is 12.1. The molecule has 2 heterocycles. The Morgan fingerprint density at radius 3 is 2.84 bits per heavy atom. The van der Waals surface area contributed by atoms with Gasteiger partial charge in [0.1, 0.15) is 0 Å². The van der Waals surface area contributed by atoms with Gasteiger partial charge in [-0.3, -0.25) is 4.79 Å². The number of hydrogen-bond donors (Lipinski definition) is 0. The largest absolute Gasteiger partial charge is 0.459 e. The highest BCUT2D eigenvalue weighted by Crippen LogP contribution is 2.23. The summed E-state index contributed by atoms with van der Waals surface area (Å²) in [6, 6.07) is 5.53. The number of carbonyl (C=O) groups excluding carboxylic acids is 1. The minimum atomic E-state index is -0.132. The first-order valence-corrected chi connectivity index (χ1v) is 6.99. The molecule has 0 aliphatic rings. The van der Waals surface area contributed by atoms with Gasteiger partial charge in [-0.1, -0.05) is 17.7 Å². The summed E-state index contributed by atoms with van der Waals surface area (Å²) in [5.74, 6) is 0.247. The van der Waals surface area contributed by atoms with E-state index in [1.165, 1.54) is 17.6 Å². The molecule has 0 aliphatic carbocycles. The van der Waals surface area contributed by atoms with Crippen LogP contribution in [0.2, 0.25) is 4.34 Å². The minimum absolute atomic E-state index is 0.132. The van der Waals surface area contributed by atoms with Gasteiger partial charge in [-0.15, -0.1) is 17.9 Å². The Kier molecular flexibility index (Phi) is 4.45. The van der Waals surface area contributed by atoms with Gasteiger partial charge in [0.2, 0.25) is 0 Å². The Labute approximate surface area is 121 Å². The maximum Gasteiger partial charge on any atom is 0.290 e. The standard InChI is InChI=1S/C14H14ClNO2S/c1-3-7-16(9-11-4-5-12(15)19-11)14(17)13-10(2)6-8-18-13/h3-6,8H,1,7,9H2,2H3. The van der Waals surface area contributed by atoms with Gasteiger partial charge in [-0.2, -0.15) is 0 Å². The van der Waals surface area contributed by atoms with Crippen molar-refractivity contribution in [2.75, 3.05) is 6.54 Å². The van der Waals surface area contributed by atoms with Crippen molar-refractivity contribution in [3.05, 3.63) is 57.7 Å². The molecule has 0 spiro atoms. The fraction of sp³-hybridized carbons (Fsp3) is 0.214. The van der Waals surface area contributed by atoms with Crippen molar-refractivity contribution in [3.63, 3.8) is 0 Å². The highest BCUT2D eigenvalue weighted by molar-refractivity contribution is 7.16. The molecule has 0 atom stereocenters. The van der Waals surface area contributed by atoms with Crippen LogP contribution in [0.4, 0.5) is 0 Å². The van der Waals surface area contributed by atoms with E-state index in [1.807, 2.05) is 19.1 Å². The second-order valence-electron chi connectivity index (χ2n) is 4.11. The molecule has 0 unspecified atom stereocenters. The van der Waals surface area contributed by atoms with Crippen LogP contribution >= 0.6 is 22.9 Å². The topological polar surface area (TPSA) is 33.5 Å². The first kappa shape index (κ1) is 13.9. The van der Waals surface area contributed by atoms with Crippen LogP contribution in [0.25, 0.3) is 0 Å². The van der Waals surface area contributed by atoms with Crippen LogP contribution in [-0.2, 0) is 6.54 Å². The summed E-state index contributed by atoms with van der Waals surface area (Å²) in [6.45, 7) is 6.51. The van der Waals surface area contributed by atoms with Gasteiger partial charge in [0.05, 0.1) is 17.1 Å². The van der Waals surface area contributed by atoms with Crippen LogP contribution in [0.15, 0.2) is 41.5 Å². The molecule has 0 aliphatic heterocycles. The zero-order valence-electron chi connectivity index (χ0n) is 10.6. The van der Waals surface area contributed by atoms with E-state index in [-0.39, 0.29) is 5.91 Å². The number of aryl methyl sites for hydroxylation is 1. The van der Waals surface area contributed by atoms with Gasteiger partial charge in [-0.05, 0) is 25.1 Å². The fourth-order valence-electron chi connectivity index (χ4n) is 1.74. The Morgan fingerprint density at radius 2 is 2.32 bits per heavy atom. The number of carbonyl (C=O) groups is 1. The SMILES string of the molecule is C=CCN(Cc1ccc(Cl)s1)C(=O)c1occc1C. The summed E-state index contributed by atoms with van der Waals surface area (Å²) < 4.78 is 5.97. The molecule has 0 N–H and O–H groups in total. The molecule has 19 heavy (non-hydrogen) atoms. The molecular formula is C14H14ClNO2S. The number of nitrogens with zero attached hydrogens (tertiary/aromatic N) is 1. The monoisotopic (exact) mass is 295 g/mol. The van der Waals surface area contributed by atoms with E-state index >= 15 is 0 Å². The first-order valence-electron chi connectivity index (χ1n) is 5.80. The third kappa shape index (κ3) is 3.28. The van der Waals surface area contributed by atoms with Gasteiger partial charge >= 0.3 is 0 Å². The van der Waals surface area contributed by atoms with Gasteiger partial charge in [-0.25, -0.2) is 0 Å². The molecule has 5 heteroatoms. The molecule has 0 aromatic carbocycles. The second-order valence-corrected chi connectivity index (χ2v) is 5.91. The first-order chi connectivity index (χ1) is 9.11. The average Bonchev–Trinajstić information content (AvgIpc) is 2.97. The lowest BCUT2D eigenvalue weighted by Gasteiger charge is -2.19. The second kappa shape index (κ2) is 6.08. The number of thiophene rings is 1. The molecule has 2 aromatic rings. The summed E-state index contributed by atoms with van der Waals surface area (Å²) in [5, 5.41) is 0. The van der Waals surface area contributed by atoms with Crippen LogP contribution in [-0.4, -0.2) is 17.4 Å². The molecule has 2 rings (SSSR count). The highest BCUT2D eigenvalue weighted by atomic mass is 35.5. The fourth-order valence-corrected chi connectivity index (χ4v) is 2.84. The number of furan rings is 1. The van der Waals surface area contributed by atoms with E-state index < -0.39 is 0 Å². The Bertz CT molecular complexity index is 588. The van der Waals surface area contributed by atoms with Crippen molar-refractivity contribution in [1.82, 2.24) is 4.90 Å². The van der Waals surface area contributed by atoms with E-state index in [0.717, 1.165) is 14.8 Å². The van der Waals surface area contributed by atoms with Crippen molar-refractivity contribution in [2.24, 2.45) is 0 Å². The van der Waals surface area contributed by atoms with E-state index in [2.05, 4.69) is 6.58 Å². The van der Waals surface area contributed by atoms with Crippen molar-refractivity contribution >= 4 is 28.8 Å². The summed E-state index contributed by atoms with van der Waals surface area (Å²) >= 11 is 7.37. The lowest BCUT2D eigenvalue weighted by Crippen LogP contribution is -2.30. The molecule has 0 bridgehead atoms.